The molecule has 0 saturated carbocycles. The Morgan fingerprint density at radius 3 is 2.08 bits per heavy atom. The van der Waals surface area contributed by atoms with Crippen LogP contribution in [0.3, 0.4) is 0 Å². The molecule has 0 saturated heterocycles. The normalized spacial score (nSPS) is 12.5. The van der Waals surface area contributed by atoms with Crippen LogP contribution in [0.1, 0.15) is 0 Å². The van der Waals surface area contributed by atoms with Gasteiger partial charge < -0.3 is 4.57 Å². The molecule has 1 aromatic carbocycles. The van der Waals surface area contributed by atoms with Gasteiger partial charge in [-0.15, -0.1) is 0 Å². The van der Waals surface area contributed by atoms with Crippen molar-refractivity contribution in [1.82, 2.24) is 8.87 Å². The number of nitrogens with zero attached hydrogens (tertiary/aromatic N) is 2. The van der Waals surface area contributed by atoms with Crippen LogP contribution in [0.15, 0.2) is 57.2 Å². The molecular weight excluding hydrogens is 388 g/mol. The number of halogens is 1. The van der Waals surface area contributed by atoms with Crippen LogP contribution in [0.2, 0.25) is 5.02 Å². The summed E-state index contributed by atoms with van der Waals surface area (Å²) < 4.78 is 51.0. The lowest BCUT2D eigenvalue weighted by molar-refractivity contribution is 0.518. The average molecular weight is 405 g/mol. The van der Waals surface area contributed by atoms with Crippen LogP contribution in [0.5, 0.6) is 0 Å². The second-order valence-corrected chi connectivity index (χ2v) is 10.2. The Morgan fingerprint density at radius 1 is 0.960 bits per heavy atom. The maximum Gasteiger partial charge on any atom is 0.250 e. The van der Waals surface area contributed by atoms with Gasteiger partial charge in [0.1, 0.15) is 0 Å². The van der Waals surface area contributed by atoms with E-state index in [2.05, 4.69) is 0 Å². The Balaban J connectivity index is 2.29. The van der Waals surface area contributed by atoms with Gasteiger partial charge in [0.15, 0.2) is 9.84 Å². The van der Waals surface area contributed by atoms with Gasteiger partial charge in [0, 0.05) is 37.9 Å². The van der Waals surface area contributed by atoms with Crippen molar-refractivity contribution in [1.29, 1.82) is 0 Å². The molecule has 136 valence electrons. The number of pyridine rings is 1. The zero-order valence-corrected chi connectivity index (χ0v) is 16.0. The molecule has 0 spiro atoms. The number of hydrogen-bond donors (Lipinski definition) is 0. The molecule has 1 heterocycles. The third-order valence-corrected chi connectivity index (χ3v) is 7.27. The molecule has 0 unspecified atom stereocenters. The van der Waals surface area contributed by atoms with E-state index in [0.29, 0.717) is 5.02 Å². The SMILES string of the molecule is CN(C)S(=O)(=O)c1ccc(=O)n(CCS(=O)(=O)c2ccc(Cl)cc2)c1. The molecule has 0 aliphatic carbocycles. The Bertz CT molecular complexity index is 1030. The maximum absolute atomic E-state index is 12.3. The molecule has 2 aromatic rings. The highest BCUT2D eigenvalue weighted by atomic mass is 35.5. The topological polar surface area (TPSA) is 93.5 Å². The molecule has 0 amide bonds. The number of sulfone groups is 1. The molecule has 0 fully saturated rings. The number of aromatic nitrogens is 1. The lowest BCUT2D eigenvalue weighted by Crippen LogP contribution is -2.27. The first kappa shape index (κ1) is 19.6. The van der Waals surface area contributed by atoms with Crippen LogP contribution in [0.25, 0.3) is 0 Å². The highest BCUT2D eigenvalue weighted by Crippen LogP contribution is 2.16. The molecule has 0 bridgehead atoms. The number of sulfonamides is 1. The van der Waals surface area contributed by atoms with Crippen LogP contribution >= 0.6 is 11.6 Å². The Hall–Kier alpha value is -1.68. The molecular formula is C15H17ClN2O5S2. The standard InChI is InChI=1S/C15H17ClN2O5S2/c1-17(2)25(22,23)14-7-8-15(19)18(11-14)9-10-24(20,21)13-5-3-12(16)4-6-13/h3-8,11H,9-10H2,1-2H3. The average Bonchev–Trinajstić information content (AvgIpc) is 2.54. The highest BCUT2D eigenvalue weighted by molar-refractivity contribution is 7.91. The molecule has 2 rings (SSSR count). The van der Waals surface area contributed by atoms with Crippen LogP contribution in [0.4, 0.5) is 0 Å². The highest BCUT2D eigenvalue weighted by Gasteiger charge is 2.19. The summed E-state index contributed by atoms with van der Waals surface area (Å²) in [5.41, 5.74) is -0.482. The summed E-state index contributed by atoms with van der Waals surface area (Å²) in [5.74, 6) is -0.347. The third-order valence-electron chi connectivity index (χ3n) is 3.51. The Kier molecular flexibility index (Phi) is 5.72. The molecule has 7 nitrogen and oxygen atoms in total. The number of aryl methyl sites for hydroxylation is 1. The van der Waals surface area contributed by atoms with Gasteiger partial charge in [0.25, 0.3) is 5.56 Å². The summed E-state index contributed by atoms with van der Waals surface area (Å²) in [5, 5.41) is 0.414. The summed E-state index contributed by atoms with van der Waals surface area (Å²) in [4.78, 5) is 11.9. The van der Waals surface area contributed by atoms with Gasteiger partial charge >= 0.3 is 0 Å². The number of rotatable bonds is 6. The molecule has 0 N–H and O–H groups in total. The van der Waals surface area contributed by atoms with Crippen molar-refractivity contribution in [2.75, 3.05) is 19.8 Å². The third kappa shape index (κ3) is 4.49. The maximum atomic E-state index is 12.3. The zero-order chi connectivity index (χ0) is 18.8. The first-order valence-electron chi connectivity index (χ1n) is 7.15. The van der Waals surface area contributed by atoms with E-state index in [4.69, 9.17) is 11.6 Å². The molecule has 0 aliphatic heterocycles. The number of benzene rings is 1. The fourth-order valence-corrected chi connectivity index (χ4v) is 4.30. The van der Waals surface area contributed by atoms with Crippen molar-refractivity contribution >= 4 is 31.5 Å². The predicted octanol–water partition coefficient (Wildman–Crippen LogP) is 1.23. The van der Waals surface area contributed by atoms with Gasteiger partial charge in [0.2, 0.25) is 10.0 Å². The van der Waals surface area contributed by atoms with Crippen molar-refractivity contribution in [2.45, 2.75) is 16.3 Å². The molecule has 25 heavy (non-hydrogen) atoms. The fourth-order valence-electron chi connectivity index (χ4n) is 2.03. The minimum atomic E-state index is -3.72. The van der Waals surface area contributed by atoms with E-state index in [1.54, 1.807) is 0 Å². The van der Waals surface area contributed by atoms with Crippen LogP contribution in [-0.2, 0) is 26.4 Å². The summed E-state index contributed by atoms with van der Waals surface area (Å²) in [7, 11) is -4.61. The number of hydrogen-bond acceptors (Lipinski definition) is 5. The largest absolute Gasteiger partial charge is 0.313 e. The second-order valence-electron chi connectivity index (χ2n) is 5.46. The smallest absolute Gasteiger partial charge is 0.250 e. The van der Waals surface area contributed by atoms with E-state index in [9.17, 15) is 21.6 Å². The van der Waals surface area contributed by atoms with Gasteiger partial charge in [-0.05, 0) is 30.3 Å². The lowest BCUT2D eigenvalue weighted by atomic mass is 10.4. The zero-order valence-electron chi connectivity index (χ0n) is 13.6. The van der Waals surface area contributed by atoms with E-state index >= 15 is 0 Å². The van der Waals surface area contributed by atoms with Crippen LogP contribution in [0, 0.1) is 0 Å². The molecule has 1 aromatic heterocycles. The molecule has 10 heteroatoms. The molecule has 0 radical (unpaired) electrons. The predicted molar refractivity (Wildman–Crippen MR) is 95.1 cm³/mol. The van der Waals surface area contributed by atoms with Crippen molar-refractivity contribution in [3.63, 3.8) is 0 Å². The van der Waals surface area contributed by atoms with Gasteiger partial charge in [-0.3, -0.25) is 4.79 Å². The summed E-state index contributed by atoms with van der Waals surface area (Å²) in [6.07, 6.45) is 1.15. The van der Waals surface area contributed by atoms with Crippen molar-refractivity contribution in [2.24, 2.45) is 0 Å². The van der Waals surface area contributed by atoms with E-state index in [1.165, 1.54) is 44.4 Å². The minimum Gasteiger partial charge on any atom is -0.313 e. The van der Waals surface area contributed by atoms with Gasteiger partial charge in [-0.25, -0.2) is 21.1 Å². The molecule has 0 aliphatic rings. The summed E-state index contributed by atoms with van der Waals surface area (Å²) >= 11 is 5.74. The van der Waals surface area contributed by atoms with Gasteiger partial charge in [0.05, 0.1) is 15.5 Å². The summed E-state index contributed by atoms with van der Waals surface area (Å²) in [6.45, 7) is -0.166. The molecule has 0 atom stereocenters. The van der Waals surface area contributed by atoms with E-state index in [1.807, 2.05) is 0 Å². The monoisotopic (exact) mass is 404 g/mol. The van der Waals surface area contributed by atoms with E-state index in [-0.39, 0.29) is 22.1 Å². The lowest BCUT2D eigenvalue weighted by Gasteiger charge is -2.13. The van der Waals surface area contributed by atoms with Crippen molar-refractivity contribution in [3.05, 3.63) is 58.0 Å². The van der Waals surface area contributed by atoms with Crippen LogP contribution in [-0.4, -0.2) is 45.6 Å². The van der Waals surface area contributed by atoms with Gasteiger partial charge in [-0.1, -0.05) is 11.6 Å². The first-order chi connectivity index (χ1) is 11.5. The Labute approximate surface area is 151 Å². The fraction of sp³-hybridized carbons (Fsp3) is 0.267. The van der Waals surface area contributed by atoms with Crippen molar-refractivity contribution < 1.29 is 16.8 Å². The van der Waals surface area contributed by atoms with Crippen molar-refractivity contribution in [3.8, 4) is 0 Å². The van der Waals surface area contributed by atoms with Gasteiger partial charge in [-0.2, -0.15) is 0 Å². The van der Waals surface area contributed by atoms with Crippen LogP contribution < -0.4 is 5.56 Å². The minimum absolute atomic E-state index is 0.0824. The van der Waals surface area contributed by atoms with E-state index in [0.717, 1.165) is 21.1 Å². The summed E-state index contributed by atoms with van der Waals surface area (Å²) in [6, 6.07) is 7.99. The first-order valence-corrected chi connectivity index (χ1v) is 10.6. The quantitative estimate of drug-likeness (QED) is 0.721. The van der Waals surface area contributed by atoms with E-state index < -0.39 is 25.4 Å². The second kappa shape index (κ2) is 7.28. The Morgan fingerprint density at radius 2 is 1.52 bits per heavy atom.